The van der Waals surface area contributed by atoms with E-state index in [0.29, 0.717) is 12.5 Å². The third kappa shape index (κ3) is 5.12. The standard InChI is InChI=1S/C36H27ClO2/c1-2-38-31-17-15-25-21-29(13-11-27(25)23-31)33-7-3-5-9-35(33)36-10-6-4-8-34(36)30-14-12-28-24-32(39-20-19-37)18-16-26(28)22-30/h2-18,21-24H,1,19-20H2. The Morgan fingerprint density at radius 2 is 1.00 bits per heavy atom. The summed E-state index contributed by atoms with van der Waals surface area (Å²) in [5.74, 6) is 2.10. The molecule has 0 aliphatic rings. The van der Waals surface area contributed by atoms with Gasteiger partial charge in [0, 0.05) is 0 Å². The molecule has 0 aromatic heterocycles. The summed E-state index contributed by atoms with van der Waals surface area (Å²) in [5.41, 5.74) is 7.14. The average Bonchev–Trinajstić information content (AvgIpc) is 2.99. The highest BCUT2D eigenvalue weighted by Crippen LogP contribution is 2.39. The second kappa shape index (κ2) is 11.1. The maximum Gasteiger partial charge on any atom is 0.127 e. The van der Waals surface area contributed by atoms with E-state index in [1.807, 2.05) is 18.2 Å². The smallest absolute Gasteiger partial charge is 0.127 e. The number of halogens is 1. The van der Waals surface area contributed by atoms with Crippen molar-refractivity contribution in [3.8, 4) is 44.9 Å². The Labute approximate surface area is 233 Å². The summed E-state index contributed by atoms with van der Waals surface area (Å²) in [6.45, 7) is 4.15. The van der Waals surface area contributed by atoms with E-state index in [9.17, 15) is 0 Å². The Bertz CT molecular complexity index is 1800. The first-order valence-corrected chi connectivity index (χ1v) is 13.5. The molecule has 0 saturated carbocycles. The van der Waals surface area contributed by atoms with Crippen molar-refractivity contribution in [1.29, 1.82) is 0 Å². The summed E-state index contributed by atoms with van der Waals surface area (Å²) in [7, 11) is 0. The third-order valence-corrected chi connectivity index (χ3v) is 7.11. The zero-order chi connectivity index (χ0) is 26.6. The molecular formula is C36H27ClO2. The first-order valence-electron chi connectivity index (χ1n) is 13.0. The minimum absolute atomic E-state index is 0.472. The van der Waals surface area contributed by atoms with Crippen molar-refractivity contribution in [3.05, 3.63) is 134 Å². The van der Waals surface area contributed by atoms with Crippen molar-refractivity contribution in [1.82, 2.24) is 0 Å². The van der Waals surface area contributed by atoms with Crippen LogP contribution in [0.5, 0.6) is 11.5 Å². The van der Waals surface area contributed by atoms with Gasteiger partial charge in [0.15, 0.2) is 0 Å². The van der Waals surface area contributed by atoms with Crippen LogP contribution in [0.25, 0.3) is 54.9 Å². The van der Waals surface area contributed by atoms with Gasteiger partial charge in [-0.25, -0.2) is 0 Å². The van der Waals surface area contributed by atoms with Crippen LogP contribution in [0.3, 0.4) is 0 Å². The summed E-state index contributed by atoms with van der Waals surface area (Å²) in [6.07, 6.45) is 1.45. The number of fused-ring (bicyclic) bond motifs is 2. The Hall–Kier alpha value is -4.53. The lowest BCUT2D eigenvalue weighted by Gasteiger charge is -2.16. The number of benzene rings is 6. The van der Waals surface area contributed by atoms with Gasteiger partial charge in [-0.05, 0) is 91.3 Å². The Morgan fingerprint density at radius 1 is 0.538 bits per heavy atom. The highest BCUT2D eigenvalue weighted by atomic mass is 35.5. The molecule has 0 N–H and O–H groups in total. The zero-order valence-electron chi connectivity index (χ0n) is 21.4. The van der Waals surface area contributed by atoms with E-state index in [2.05, 4.69) is 110 Å². The SMILES string of the molecule is C=COc1ccc2cc(-c3ccccc3-c3ccccc3-c3ccc4cc(OCCCl)ccc4c3)ccc2c1. The van der Waals surface area contributed by atoms with E-state index >= 15 is 0 Å². The molecule has 6 aromatic rings. The Morgan fingerprint density at radius 3 is 1.54 bits per heavy atom. The molecule has 190 valence electrons. The van der Waals surface area contributed by atoms with Crippen LogP contribution in [0, 0.1) is 0 Å². The van der Waals surface area contributed by atoms with Crippen LogP contribution in [-0.4, -0.2) is 12.5 Å². The minimum atomic E-state index is 0.472. The van der Waals surface area contributed by atoms with Crippen LogP contribution in [0.1, 0.15) is 0 Å². The van der Waals surface area contributed by atoms with Gasteiger partial charge in [0.05, 0.1) is 12.1 Å². The molecular weight excluding hydrogens is 500 g/mol. The van der Waals surface area contributed by atoms with Crippen molar-refractivity contribution in [2.45, 2.75) is 0 Å². The number of ether oxygens (including phenoxy) is 2. The van der Waals surface area contributed by atoms with E-state index in [4.69, 9.17) is 21.1 Å². The second-order valence-corrected chi connectivity index (χ2v) is 9.74. The van der Waals surface area contributed by atoms with Gasteiger partial charge in [0.25, 0.3) is 0 Å². The molecule has 0 amide bonds. The molecule has 3 heteroatoms. The summed E-state index contributed by atoms with van der Waals surface area (Å²) >= 11 is 5.78. The van der Waals surface area contributed by atoms with Crippen LogP contribution in [0.15, 0.2) is 134 Å². The zero-order valence-corrected chi connectivity index (χ0v) is 22.2. The summed E-state index contributed by atoms with van der Waals surface area (Å²) in [6, 6.07) is 42.7. The molecule has 0 atom stereocenters. The highest BCUT2D eigenvalue weighted by Gasteiger charge is 2.13. The van der Waals surface area contributed by atoms with Crippen molar-refractivity contribution in [2.24, 2.45) is 0 Å². The van der Waals surface area contributed by atoms with Crippen LogP contribution in [-0.2, 0) is 0 Å². The second-order valence-electron chi connectivity index (χ2n) is 9.36. The summed E-state index contributed by atoms with van der Waals surface area (Å²) in [4.78, 5) is 0. The van der Waals surface area contributed by atoms with Gasteiger partial charge in [-0.3, -0.25) is 0 Å². The van der Waals surface area contributed by atoms with E-state index in [0.717, 1.165) is 27.7 Å². The predicted molar refractivity (Wildman–Crippen MR) is 165 cm³/mol. The lowest BCUT2D eigenvalue weighted by atomic mass is 9.88. The molecule has 0 aliphatic carbocycles. The van der Waals surface area contributed by atoms with Gasteiger partial charge in [-0.1, -0.05) is 91.5 Å². The molecule has 6 aromatic carbocycles. The van der Waals surface area contributed by atoms with Gasteiger partial charge >= 0.3 is 0 Å². The minimum Gasteiger partial charge on any atom is -0.492 e. The maximum absolute atomic E-state index is 5.78. The van der Waals surface area contributed by atoms with E-state index in [-0.39, 0.29) is 0 Å². The number of rotatable bonds is 8. The molecule has 0 radical (unpaired) electrons. The van der Waals surface area contributed by atoms with E-state index < -0.39 is 0 Å². The molecule has 0 fully saturated rings. The maximum atomic E-state index is 5.78. The topological polar surface area (TPSA) is 18.5 Å². The van der Waals surface area contributed by atoms with Crippen LogP contribution in [0.4, 0.5) is 0 Å². The van der Waals surface area contributed by atoms with Gasteiger partial charge in [-0.2, -0.15) is 0 Å². The summed E-state index contributed by atoms with van der Waals surface area (Å²) in [5, 5.41) is 4.60. The molecule has 0 saturated heterocycles. The fourth-order valence-corrected chi connectivity index (χ4v) is 5.22. The molecule has 0 bridgehead atoms. The van der Waals surface area contributed by atoms with Crippen LogP contribution in [0.2, 0.25) is 0 Å². The van der Waals surface area contributed by atoms with Crippen LogP contribution >= 0.6 is 11.6 Å². The van der Waals surface area contributed by atoms with Crippen molar-refractivity contribution in [2.75, 3.05) is 12.5 Å². The Balaban J connectivity index is 1.42. The lowest BCUT2D eigenvalue weighted by molar-refractivity contribution is 0.343. The molecule has 6 rings (SSSR count). The van der Waals surface area contributed by atoms with Crippen LogP contribution < -0.4 is 9.47 Å². The monoisotopic (exact) mass is 526 g/mol. The number of alkyl halides is 1. The molecule has 39 heavy (non-hydrogen) atoms. The van der Waals surface area contributed by atoms with Crippen molar-refractivity contribution < 1.29 is 9.47 Å². The number of hydrogen-bond acceptors (Lipinski definition) is 2. The fraction of sp³-hybridized carbons (Fsp3) is 0.0556. The normalized spacial score (nSPS) is 11.0. The molecule has 2 nitrogen and oxygen atoms in total. The fourth-order valence-electron chi connectivity index (χ4n) is 5.14. The van der Waals surface area contributed by atoms with Crippen molar-refractivity contribution >= 4 is 33.1 Å². The highest BCUT2D eigenvalue weighted by molar-refractivity contribution is 6.18. The Kier molecular flexibility index (Phi) is 7.03. The molecule has 0 aliphatic heterocycles. The lowest BCUT2D eigenvalue weighted by Crippen LogP contribution is -1.97. The molecule has 0 unspecified atom stereocenters. The predicted octanol–water partition coefficient (Wildman–Crippen LogP) is 10.1. The largest absolute Gasteiger partial charge is 0.492 e. The third-order valence-electron chi connectivity index (χ3n) is 6.96. The van der Waals surface area contributed by atoms with Gasteiger partial charge < -0.3 is 9.47 Å². The first-order chi connectivity index (χ1) is 19.2. The van der Waals surface area contributed by atoms with Gasteiger partial charge in [-0.15, -0.1) is 11.6 Å². The summed E-state index contributed by atoms with van der Waals surface area (Å²) < 4.78 is 11.2. The van der Waals surface area contributed by atoms with E-state index in [1.54, 1.807) is 0 Å². The van der Waals surface area contributed by atoms with Gasteiger partial charge in [0.2, 0.25) is 0 Å². The van der Waals surface area contributed by atoms with E-state index in [1.165, 1.54) is 45.0 Å². The number of hydrogen-bond donors (Lipinski definition) is 0. The molecule has 0 spiro atoms. The quantitative estimate of drug-likeness (QED) is 0.145. The molecule has 0 heterocycles. The van der Waals surface area contributed by atoms with Crippen molar-refractivity contribution in [3.63, 3.8) is 0 Å². The first kappa shape index (κ1) is 24.8. The average molecular weight is 527 g/mol. The van der Waals surface area contributed by atoms with Gasteiger partial charge in [0.1, 0.15) is 18.1 Å².